The monoisotopic (exact) mass is 502 g/mol. The van der Waals surface area contributed by atoms with Crippen molar-refractivity contribution < 1.29 is 24.0 Å². The van der Waals surface area contributed by atoms with E-state index in [1.54, 1.807) is 26.0 Å². The van der Waals surface area contributed by atoms with Crippen molar-refractivity contribution in [3.8, 4) is 18.2 Å². The Morgan fingerprint density at radius 2 is 1.81 bits per heavy atom. The van der Waals surface area contributed by atoms with Crippen molar-refractivity contribution in [2.45, 2.75) is 38.8 Å². The number of methoxy groups -OCH3 is 1. The van der Waals surface area contributed by atoms with Gasteiger partial charge in [-0.15, -0.1) is 0 Å². The van der Waals surface area contributed by atoms with E-state index in [1.807, 2.05) is 6.07 Å². The van der Waals surface area contributed by atoms with Crippen molar-refractivity contribution in [1.82, 2.24) is 4.90 Å². The van der Waals surface area contributed by atoms with Crippen LogP contribution in [0.25, 0.3) is 0 Å². The Bertz CT molecular complexity index is 1400. The van der Waals surface area contributed by atoms with Crippen LogP contribution in [0.4, 0.5) is 5.69 Å². The van der Waals surface area contributed by atoms with Crippen molar-refractivity contribution in [2.24, 2.45) is 11.7 Å². The molecule has 12 nitrogen and oxygen atoms in total. The van der Waals surface area contributed by atoms with Gasteiger partial charge < -0.3 is 20.1 Å². The minimum Gasteiger partial charge on any atom is -0.469 e. The first-order chi connectivity index (χ1) is 17.5. The lowest BCUT2D eigenvalue weighted by atomic mass is 9.70. The van der Waals surface area contributed by atoms with E-state index in [1.165, 1.54) is 36.1 Å². The summed E-state index contributed by atoms with van der Waals surface area (Å²) in [7, 11) is 1.09. The van der Waals surface area contributed by atoms with Gasteiger partial charge in [-0.2, -0.15) is 15.8 Å². The van der Waals surface area contributed by atoms with Crippen molar-refractivity contribution in [3.63, 3.8) is 0 Å². The van der Waals surface area contributed by atoms with E-state index in [4.69, 9.17) is 15.2 Å². The molecule has 0 amide bonds. The maximum Gasteiger partial charge on any atom is 0.336 e. The number of allylic oxidation sites excluding steroid dienone is 2. The molecule has 2 aliphatic rings. The van der Waals surface area contributed by atoms with Gasteiger partial charge in [-0.1, -0.05) is 18.2 Å². The number of hydrogen-bond acceptors (Lipinski definition) is 11. The standard InChI is InChI=1S/C25H22N6O6/c1-12(2)37-25(33)18-13(3)30-22(19(14(9-26)10-27)16(11-28)23(30)29)21(24(32)36-4)20(18)15-7-5-6-8-17(15)31(34)35/h5-8,12,20-22H,29H2,1-4H3/t20-,21-,22-/m1/s1. The van der Waals surface area contributed by atoms with Crippen molar-refractivity contribution in [2.75, 3.05) is 7.11 Å². The van der Waals surface area contributed by atoms with E-state index in [9.17, 15) is 35.5 Å². The summed E-state index contributed by atoms with van der Waals surface area (Å²) in [4.78, 5) is 39.5. The summed E-state index contributed by atoms with van der Waals surface area (Å²) in [6, 6.07) is 9.68. The Morgan fingerprint density at radius 3 is 2.32 bits per heavy atom. The van der Waals surface area contributed by atoms with Gasteiger partial charge in [-0.05, 0) is 20.8 Å². The van der Waals surface area contributed by atoms with Crippen LogP contribution in [0.2, 0.25) is 0 Å². The Labute approximate surface area is 212 Å². The number of carbonyl (C=O) groups excluding carboxylic acids is 2. The fraction of sp³-hybridized carbons (Fsp3) is 0.320. The van der Waals surface area contributed by atoms with Crippen LogP contribution in [-0.4, -0.2) is 41.0 Å². The first kappa shape index (κ1) is 26.5. The minimum atomic E-state index is -1.43. The van der Waals surface area contributed by atoms with Crippen LogP contribution in [0.3, 0.4) is 0 Å². The Hall–Kier alpha value is -5.15. The maximum absolute atomic E-state index is 13.4. The van der Waals surface area contributed by atoms with Gasteiger partial charge in [0, 0.05) is 28.8 Å². The third-order valence-corrected chi connectivity index (χ3v) is 6.23. The lowest BCUT2D eigenvalue weighted by Crippen LogP contribution is -2.50. The molecule has 37 heavy (non-hydrogen) atoms. The number of para-hydroxylation sites is 1. The first-order valence-electron chi connectivity index (χ1n) is 11.0. The van der Waals surface area contributed by atoms with Gasteiger partial charge in [0.25, 0.3) is 5.69 Å². The molecule has 0 bridgehead atoms. The van der Waals surface area contributed by atoms with Crippen molar-refractivity contribution in [3.05, 3.63) is 73.8 Å². The lowest BCUT2D eigenvalue weighted by Gasteiger charge is -2.43. The number of rotatable bonds is 5. The lowest BCUT2D eigenvalue weighted by molar-refractivity contribution is -0.385. The normalized spacial score (nSPS) is 20.5. The molecule has 2 aliphatic heterocycles. The van der Waals surface area contributed by atoms with E-state index in [0.717, 1.165) is 7.11 Å². The molecule has 0 spiro atoms. The second-order valence-electron chi connectivity index (χ2n) is 8.49. The number of nitro benzene ring substituents is 1. The summed E-state index contributed by atoms with van der Waals surface area (Å²) in [6.45, 7) is 4.71. The Morgan fingerprint density at radius 1 is 1.19 bits per heavy atom. The smallest absolute Gasteiger partial charge is 0.336 e. The number of carbonyl (C=O) groups is 2. The predicted molar refractivity (Wildman–Crippen MR) is 126 cm³/mol. The summed E-state index contributed by atoms with van der Waals surface area (Å²) in [5.74, 6) is -4.68. The molecule has 12 heteroatoms. The van der Waals surface area contributed by atoms with Gasteiger partial charge in [-0.3, -0.25) is 14.9 Å². The number of nitrogens with two attached hydrogens (primary N) is 1. The van der Waals surface area contributed by atoms with Crippen LogP contribution in [-0.2, 0) is 19.1 Å². The Balaban J connectivity index is 2.53. The van der Waals surface area contributed by atoms with Crippen LogP contribution in [0.5, 0.6) is 0 Å². The molecule has 0 saturated carbocycles. The summed E-state index contributed by atoms with van der Waals surface area (Å²) in [5.41, 5.74) is 5.15. The van der Waals surface area contributed by atoms with Gasteiger partial charge >= 0.3 is 11.9 Å². The van der Waals surface area contributed by atoms with Crippen molar-refractivity contribution >= 4 is 17.6 Å². The second kappa shape index (κ2) is 10.2. The number of nitrogens with zero attached hydrogens (tertiary/aromatic N) is 5. The molecule has 1 aromatic rings. The zero-order valence-electron chi connectivity index (χ0n) is 20.4. The van der Waals surface area contributed by atoms with Crippen LogP contribution in [0.15, 0.2) is 58.1 Å². The quantitative estimate of drug-likeness (QED) is 0.268. The third kappa shape index (κ3) is 4.24. The number of benzene rings is 1. The van der Waals surface area contributed by atoms with E-state index < -0.39 is 46.4 Å². The number of ether oxygens (including phenoxy) is 2. The maximum atomic E-state index is 13.4. The number of fused-ring (bicyclic) bond motifs is 1. The highest BCUT2D eigenvalue weighted by Gasteiger charge is 2.56. The molecular formula is C25H22N6O6. The topological polar surface area (TPSA) is 196 Å². The summed E-state index contributed by atoms with van der Waals surface area (Å²) < 4.78 is 10.5. The van der Waals surface area contributed by atoms with Gasteiger partial charge in [0.1, 0.15) is 29.6 Å². The fourth-order valence-electron chi connectivity index (χ4n) is 4.89. The van der Waals surface area contributed by atoms with Crippen LogP contribution in [0.1, 0.15) is 32.3 Å². The fourth-order valence-corrected chi connectivity index (χ4v) is 4.89. The average molecular weight is 502 g/mol. The van der Waals surface area contributed by atoms with E-state index >= 15 is 0 Å². The van der Waals surface area contributed by atoms with Gasteiger partial charge in [0.15, 0.2) is 0 Å². The zero-order valence-corrected chi connectivity index (χ0v) is 20.4. The molecule has 2 heterocycles. The summed E-state index contributed by atoms with van der Waals surface area (Å²) >= 11 is 0. The summed E-state index contributed by atoms with van der Waals surface area (Å²) in [6.07, 6.45) is -0.575. The number of nitriles is 3. The largest absolute Gasteiger partial charge is 0.469 e. The molecule has 0 aliphatic carbocycles. The highest BCUT2D eigenvalue weighted by molar-refractivity contribution is 5.94. The SMILES string of the molecule is COC(=O)[C@H]1[C@H]2C(=C(C#N)C#N)C(C#N)=C(N)N2C(C)=C(C(=O)OC(C)C)[C@H]1c1ccccc1[N+](=O)[O-]. The molecule has 0 aromatic heterocycles. The summed E-state index contributed by atoms with van der Waals surface area (Å²) in [5, 5.41) is 41.1. The highest BCUT2D eigenvalue weighted by Crippen LogP contribution is 2.52. The van der Waals surface area contributed by atoms with Gasteiger partial charge in [0.05, 0.1) is 41.2 Å². The van der Waals surface area contributed by atoms with Crippen LogP contribution in [0, 0.1) is 50.0 Å². The zero-order chi connectivity index (χ0) is 27.6. The number of hydrogen-bond donors (Lipinski definition) is 1. The molecule has 2 N–H and O–H groups in total. The van der Waals surface area contributed by atoms with Crippen LogP contribution >= 0.6 is 0 Å². The Kier molecular flexibility index (Phi) is 7.31. The molecule has 0 unspecified atom stereocenters. The van der Waals surface area contributed by atoms with E-state index in [0.29, 0.717) is 0 Å². The molecule has 0 saturated heterocycles. The molecule has 1 aromatic carbocycles. The van der Waals surface area contributed by atoms with Gasteiger partial charge in [0.2, 0.25) is 0 Å². The molecule has 3 rings (SSSR count). The van der Waals surface area contributed by atoms with Gasteiger partial charge in [-0.25, -0.2) is 4.79 Å². The number of esters is 2. The molecule has 0 radical (unpaired) electrons. The highest BCUT2D eigenvalue weighted by atomic mass is 16.6. The first-order valence-corrected chi connectivity index (χ1v) is 11.0. The van der Waals surface area contributed by atoms with E-state index in [-0.39, 0.29) is 39.5 Å². The molecule has 3 atom stereocenters. The number of nitro groups is 1. The molecule has 0 fully saturated rings. The minimum absolute atomic E-state index is 0.0106. The predicted octanol–water partition coefficient (Wildman–Crippen LogP) is 2.43. The average Bonchev–Trinajstić information content (AvgIpc) is 3.15. The van der Waals surface area contributed by atoms with E-state index in [2.05, 4.69) is 0 Å². The second-order valence-corrected chi connectivity index (χ2v) is 8.49. The third-order valence-electron chi connectivity index (χ3n) is 6.23. The molecular weight excluding hydrogens is 480 g/mol. The molecule has 188 valence electrons. The van der Waals surface area contributed by atoms with Crippen molar-refractivity contribution in [1.29, 1.82) is 15.8 Å². The van der Waals surface area contributed by atoms with Crippen LogP contribution < -0.4 is 5.73 Å².